The number of nitrogens with zero attached hydrogens (tertiary/aromatic N) is 3. The molecule has 2 aromatic rings. The van der Waals surface area contributed by atoms with Crippen LogP contribution in [0.4, 0.5) is 13.2 Å². The van der Waals surface area contributed by atoms with Crippen molar-refractivity contribution in [3.05, 3.63) is 39.4 Å². The van der Waals surface area contributed by atoms with E-state index in [-0.39, 0.29) is 16.5 Å². The second kappa shape index (κ2) is 9.24. The molecule has 0 fully saturated rings. The maximum Gasteiger partial charge on any atom is 0.417 e. The van der Waals surface area contributed by atoms with E-state index in [0.29, 0.717) is 22.1 Å². The summed E-state index contributed by atoms with van der Waals surface area (Å²) in [6, 6.07) is 3.65. The van der Waals surface area contributed by atoms with Gasteiger partial charge >= 0.3 is 6.18 Å². The maximum absolute atomic E-state index is 13.1. The molecule has 0 spiro atoms. The van der Waals surface area contributed by atoms with E-state index in [9.17, 15) is 18.0 Å². The van der Waals surface area contributed by atoms with Crippen LogP contribution in [0.2, 0.25) is 5.02 Å². The van der Waals surface area contributed by atoms with Crippen molar-refractivity contribution in [1.29, 1.82) is 0 Å². The first kappa shape index (κ1) is 22.6. The van der Waals surface area contributed by atoms with Crippen molar-refractivity contribution >= 4 is 28.8 Å². The number of thiazole rings is 1. The first-order valence-electron chi connectivity index (χ1n) is 8.90. The van der Waals surface area contributed by atoms with Gasteiger partial charge in [0.1, 0.15) is 9.88 Å². The van der Waals surface area contributed by atoms with Crippen molar-refractivity contribution in [2.45, 2.75) is 26.9 Å². The molecule has 0 bridgehead atoms. The van der Waals surface area contributed by atoms with Crippen LogP contribution >= 0.6 is 22.9 Å². The van der Waals surface area contributed by atoms with Crippen LogP contribution in [-0.4, -0.2) is 53.9 Å². The van der Waals surface area contributed by atoms with Gasteiger partial charge in [0.25, 0.3) is 5.91 Å². The number of benzene rings is 1. The number of alkyl halides is 3. The summed E-state index contributed by atoms with van der Waals surface area (Å²) in [6.07, 6.45) is -4.55. The van der Waals surface area contributed by atoms with Gasteiger partial charge in [0.2, 0.25) is 0 Å². The summed E-state index contributed by atoms with van der Waals surface area (Å²) in [5.41, 5.74) is -0.124. The van der Waals surface area contributed by atoms with E-state index < -0.39 is 11.7 Å². The molecular weight excluding hydrogens is 411 g/mol. The van der Waals surface area contributed by atoms with Gasteiger partial charge in [-0.2, -0.15) is 13.2 Å². The molecule has 0 radical (unpaired) electrons. The van der Waals surface area contributed by atoms with Gasteiger partial charge in [-0.3, -0.25) is 4.79 Å². The molecule has 2 rings (SSSR count). The standard InChI is InChI=1S/C19H23ClF3N3OS/c1-5-26(6-2)10-9-25(4)18(27)16-12(3)24-17(28-16)13-7-8-15(20)14(11-13)19(21,22)23/h7-8,11H,5-6,9-10H2,1-4H3. The van der Waals surface area contributed by atoms with Gasteiger partial charge in [0.05, 0.1) is 16.3 Å². The Balaban J connectivity index is 2.24. The van der Waals surface area contributed by atoms with E-state index in [4.69, 9.17) is 11.6 Å². The number of aryl methyl sites for hydroxylation is 1. The smallest absolute Gasteiger partial charge is 0.340 e. The zero-order chi connectivity index (χ0) is 21.1. The van der Waals surface area contributed by atoms with Gasteiger partial charge in [0, 0.05) is 25.7 Å². The molecule has 0 aliphatic rings. The van der Waals surface area contributed by atoms with Crippen LogP contribution in [0.25, 0.3) is 10.6 Å². The summed E-state index contributed by atoms with van der Waals surface area (Å²) in [7, 11) is 1.72. The first-order valence-corrected chi connectivity index (χ1v) is 10.1. The summed E-state index contributed by atoms with van der Waals surface area (Å²) < 4.78 is 39.3. The zero-order valence-electron chi connectivity index (χ0n) is 16.2. The number of likely N-dealkylation sites (N-methyl/N-ethyl adjacent to an activating group) is 2. The van der Waals surface area contributed by atoms with Crippen molar-refractivity contribution in [1.82, 2.24) is 14.8 Å². The van der Waals surface area contributed by atoms with Gasteiger partial charge < -0.3 is 9.80 Å². The summed E-state index contributed by atoms with van der Waals surface area (Å²) >= 11 is 6.77. The number of halogens is 4. The second-order valence-corrected chi connectivity index (χ2v) is 7.79. The van der Waals surface area contributed by atoms with E-state index in [1.165, 1.54) is 12.1 Å². The Morgan fingerprint density at radius 1 is 1.21 bits per heavy atom. The van der Waals surface area contributed by atoms with Crippen molar-refractivity contribution < 1.29 is 18.0 Å². The lowest BCUT2D eigenvalue weighted by atomic mass is 10.1. The third-order valence-electron chi connectivity index (χ3n) is 4.50. The Labute approximate surface area is 171 Å². The lowest BCUT2D eigenvalue weighted by molar-refractivity contribution is -0.137. The fraction of sp³-hybridized carbons (Fsp3) is 0.474. The molecule has 1 aromatic carbocycles. The van der Waals surface area contributed by atoms with Crippen LogP contribution in [-0.2, 0) is 6.18 Å². The molecule has 28 heavy (non-hydrogen) atoms. The minimum atomic E-state index is -4.55. The number of aromatic nitrogens is 1. The van der Waals surface area contributed by atoms with Crippen molar-refractivity contribution in [2.75, 3.05) is 33.2 Å². The van der Waals surface area contributed by atoms with Crippen molar-refractivity contribution in [3.63, 3.8) is 0 Å². The van der Waals surface area contributed by atoms with E-state index in [1.807, 2.05) is 0 Å². The van der Waals surface area contributed by atoms with Gasteiger partial charge in [0.15, 0.2) is 0 Å². The molecule has 0 saturated heterocycles. The Kier molecular flexibility index (Phi) is 7.47. The Bertz CT molecular complexity index is 834. The number of hydrogen-bond donors (Lipinski definition) is 0. The molecule has 0 unspecified atom stereocenters. The van der Waals surface area contributed by atoms with Crippen LogP contribution in [0.1, 0.15) is 34.8 Å². The second-order valence-electron chi connectivity index (χ2n) is 6.38. The van der Waals surface area contributed by atoms with E-state index >= 15 is 0 Å². The number of amides is 1. The highest BCUT2D eigenvalue weighted by Gasteiger charge is 2.33. The molecular formula is C19H23ClF3N3OS. The zero-order valence-corrected chi connectivity index (χ0v) is 17.8. The van der Waals surface area contributed by atoms with Crippen LogP contribution in [0.5, 0.6) is 0 Å². The van der Waals surface area contributed by atoms with Crippen LogP contribution < -0.4 is 0 Å². The number of carbonyl (C=O) groups is 1. The maximum atomic E-state index is 13.1. The number of hydrogen-bond acceptors (Lipinski definition) is 4. The average molecular weight is 434 g/mol. The monoisotopic (exact) mass is 433 g/mol. The summed E-state index contributed by atoms with van der Waals surface area (Å²) in [5.74, 6) is -0.182. The highest BCUT2D eigenvalue weighted by molar-refractivity contribution is 7.17. The van der Waals surface area contributed by atoms with Gasteiger partial charge in [-0.15, -0.1) is 11.3 Å². The molecule has 1 aromatic heterocycles. The third kappa shape index (κ3) is 5.24. The quantitative estimate of drug-likeness (QED) is 0.601. The fourth-order valence-corrected chi connectivity index (χ4v) is 3.98. The SMILES string of the molecule is CCN(CC)CCN(C)C(=O)c1sc(-c2ccc(Cl)c(C(F)(F)F)c2)nc1C. The predicted octanol–water partition coefficient (Wildman–Crippen LogP) is 5.20. The molecule has 0 aliphatic heterocycles. The van der Waals surface area contributed by atoms with E-state index in [2.05, 4.69) is 23.7 Å². The summed E-state index contributed by atoms with van der Waals surface area (Å²) in [6.45, 7) is 8.93. The minimum Gasteiger partial charge on any atom is -0.340 e. The number of rotatable bonds is 7. The van der Waals surface area contributed by atoms with Crippen LogP contribution in [0, 0.1) is 6.92 Å². The lowest BCUT2D eigenvalue weighted by Gasteiger charge is -2.22. The molecule has 0 N–H and O–H groups in total. The molecule has 0 saturated carbocycles. The molecule has 1 heterocycles. The minimum absolute atomic E-state index is 0.182. The highest BCUT2D eigenvalue weighted by Crippen LogP contribution is 2.38. The summed E-state index contributed by atoms with van der Waals surface area (Å²) in [4.78, 5) is 21.3. The first-order chi connectivity index (χ1) is 13.1. The van der Waals surface area contributed by atoms with E-state index in [1.54, 1.807) is 18.9 Å². The van der Waals surface area contributed by atoms with E-state index in [0.717, 1.165) is 37.0 Å². The Morgan fingerprint density at radius 3 is 2.43 bits per heavy atom. The molecule has 154 valence electrons. The Hall–Kier alpha value is -1.64. The lowest BCUT2D eigenvalue weighted by Crippen LogP contribution is -2.36. The van der Waals surface area contributed by atoms with Crippen molar-refractivity contribution in [2.24, 2.45) is 0 Å². The fourth-order valence-electron chi connectivity index (χ4n) is 2.70. The van der Waals surface area contributed by atoms with Crippen LogP contribution in [0.15, 0.2) is 18.2 Å². The van der Waals surface area contributed by atoms with Gasteiger partial charge in [-0.1, -0.05) is 31.5 Å². The van der Waals surface area contributed by atoms with Gasteiger partial charge in [-0.05, 0) is 32.1 Å². The summed E-state index contributed by atoms with van der Waals surface area (Å²) in [5, 5.41) is -0.00266. The molecule has 0 aliphatic carbocycles. The van der Waals surface area contributed by atoms with Crippen molar-refractivity contribution in [3.8, 4) is 10.6 Å². The van der Waals surface area contributed by atoms with Gasteiger partial charge in [-0.25, -0.2) is 4.98 Å². The average Bonchev–Trinajstić information content (AvgIpc) is 3.02. The highest BCUT2D eigenvalue weighted by atomic mass is 35.5. The molecule has 9 heteroatoms. The Morgan fingerprint density at radius 2 is 1.86 bits per heavy atom. The predicted molar refractivity (Wildman–Crippen MR) is 107 cm³/mol. The van der Waals surface area contributed by atoms with Crippen LogP contribution in [0.3, 0.4) is 0 Å². The topological polar surface area (TPSA) is 36.4 Å². The molecule has 0 atom stereocenters. The third-order valence-corrected chi connectivity index (χ3v) is 6.03. The number of carbonyl (C=O) groups excluding carboxylic acids is 1. The molecule has 4 nitrogen and oxygen atoms in total. The largest absolute Gasteiger partial charge is 0.417 e. The molecule has 1 amide bonds. The normalized spacial score (nSPS) is 11.9.